The van der Waals surface area contributed by atoms with Gasteiger partial charge in [0.25, 0.3) is 6.71 Å². The summed E-state index contributed by atoms with van der Waals surface area (Å²) in [6, 6.07) is -23.7. The second-order valence-corrected chi connectivity index (χ2v) is 24.0. The van der Waals surface area contributed by atoms with Crippen LogP contribution in [0.3, 0.4) is 0 Å². The molecule has 0 saturated carbocycles. The van der Waals surface area contributed by atoms with Gasteiger partial charge in [0.15, 0.2) is 5.58 Å². The van der Waals surface area contributed by atoms with Crippen LogP contribution in [0.5, 0.6) is 0 Å². The van der Waals surface area contributed by atoms with Crippen LogP contribution >= 0.6 is 0 Å². The summed E-state index contributed by atoms with van der Waals surface area (Å²) in [7, 11) is 0. The van der Waals surface area contributed by atoms with Crippen LogP contribution in [0.1, 0.15) is 170 Å². The zero-order valence-corrected chi connectivity index (χ0v) is 44.8. The summed E-state index contributed by atoms with van der Waals surface area (Å²) in [6.45, 7) is 22.9. The third-order valence-electron chi connectivity index (χ3n) is 13.0. The van der Waals surface area contributed by atoms with Crippen molar-refractivity contribution in [3.8, 4) is 11.5 Å². The molecule has 11 rings (SSSR count). The molecular formula is C69H73BN4O. The first-order valence-corrected chi connectivity index (χ1v) is 24.7. The lowest BCUT2D eigenvalue weighted by atomic mass is 9.33. The highest BCUT2D eigenvalue weighted by Crippen LogP contribution is 2.50. The molecule has 75 heavy (non-hydrogen) atoms. The van der Waals surface area contributed by atoms with Crippen LogP contribution in [0, 0.1) is 0 Å². The van der Waals surface area contributed by atoms with Crippen molar-refractivity contribution in [1.29, 1.82) is 0 Å². The standard InChI is InChI=1S/C69H73BN4O/c1-65(2,3)45-28-26-44(27-29-45)64-71-57-42-56-59(43-62(57)75-64)74(53-37-48(68(10,11)12)36-49(38-53)69(13,14)15)61-41-54(72(50-22-18-16-19-23-50)51-24-20-17-21-25-51)40-60-63(61)70(56)55-39-47(67(7,8)9)32-35-58(55)73(60)52-33-30-46(31-34-52)66(4,5)6/h16-43H,1-15H3/i16D,17D,18D,19D,20D,21D,22D,23D,24D,25D,26D,27D,28D,29D,30D,31D,32D,33D,34D,35D,36D,37D,38D,39D,40D,41D,42D,43D. The SMILES string of the molecule is [2H]c1c([2H])c([2H])c(N(c2c([2H])c([2H])c([2H])c([2H])c2[2H])c2c([2H])c3c4c(c2[2H])N(c2c([2H])c(C(C)(C)C)c([2H])c(C(C)(C)C)c2[2H])c2c(c([2H])c5nc(-c6c([2H])c([2H])c(C(C)(C)C)c([2H])c6[2H])oc5c2[2H])B4c2c([2H])c(C(C)(C)C)c([2H])c([2H])c2N3c2c([2H])c([2H])c(C(C)(C)C)c([2H])c2[2H])c([2H])c1[2H]. The topological polar surface area (TPSA) is 35.8 Å². The third kappa shape index (κ3) is 9.04. The minimum Gasteiger partial charge on any atom is -0.436 e. The predicted molar refractivity (Wildman–Crippen MR) is 322 cm³/mol. The zero-order chi connectivity index (χ0) is 77.5. The molecule has 0 amide bonds. The van der Waals surface area contributed by atoms with E-state index < -0.39 is 287 Å². The molecule has 2 aliphatic rings. The van der Waals surface area contributed by atoms with Crippen LogP contribution in [-0.2, 0) is 27.1 Å². The van der Waals surface area contributed by atoms with Crippen molar-refractivity contribution in [2.24, 2.45) is 0 Å². The van der Waals surface area contributed by atoms with E-state index in [4.69, 9.17) is 17.6 Å². The van der Waals surface area contributed by atoms with Gasteiger partial charge in [-0.2, -0.15) is 0 Å². The molecule has 0 bridgehead atoms. The first-order valence-electron chi connectivity index (χ1n) is 38.7. The van der Waals surface area contributed by atoms with Crippen LogP contribution in [-0.4, -0.2) is 11.7 Å². The maximum absolute atomic E-state index is 11.3. The van der Waals surface area contributed by atoms with Gasteiger partial charge in [-0.25, -0.2) is 4.98 Å². The summed E-state index contributed by atoms with van der Waals surface area (Å²) < 4.78 is 283. The van der Waals surface area contributed by atoms with E-state index >= 15 is 0 Å². The lowest BCUT2D eigenvalue weighted by Crippen LogP contribution is -2.61. The lowest BCUT2D eigenvalue weighted by molar-refractivity contribution is 0.568. The van der Waals surface area contributed by atoms with Crippen LogP contribution in [0.4, 0.5) is 51.2 Å². The van der Waals surface area contributed by atoms with Gasteiger partial charge in [-0.05, 0) is 156 Å². The molecule has 5 nitrogen and oxygen atoms in total. The summed E-state index contributed by atoms with van der Waals surface area (Å²) in [4.78, 5) is 7.08. The molecule has 0 atom stereocenters. The summed E-state index contributed by atoms with van der Waals surface area (Å²) in [5.41, 5.74) is -16.6. The van der Waals surface area contributed by atoms with Gasteiger partial charge in [0.1, 0.15) is 5.52 Å². The molecule has 8 aromatic carbocycles. The van der Waals surface area contributed by atoms with E-state index in [9.17, 15) is 30.2 Å². The summed E-state index contributed by atoms with van der Waals surface area (Å²) in [5.74, 6) is -0.655. The van der Waals surface area contributed by atoms with Gasteiger partial charge in [0.05, 0.1) is 44.1 Å². The van der Waals surface area contributed by atoms with Gasteiger partial charge >= 0.3 is 0 Å². The van der Waals surface area contributed by atoms with Crippen LogP contribution in [0.25, 0.3) is 22.6 Å². The first kappa shape index (κ1) is 27.0. The molecule has 6 heteroatoms. The second-order valence-electron chi connectivity index (χ2n) is 24.0. The minimum absolute atomic E-state index is 0.0225. The molecule has 0 aliphatic carbocycles. The molecule has 0 spiro atoms. The zero-order valence-electron chi connectivity index (χ0n) is 72.8. The number of benzene rings is 8. The Hall–Kier alpha value is -7.31. The minimum atomic E-state index is -2.02. The molecule has 0 radical (unpaired) electrons. The molecule has 2 aliphatic heterocycles. The van der Waals surface area contributed by atoms with Crippen molar-refractivity contribution in [3.63, 3.8) is 0 Å². The first-order chi connectivity index (χ1) is 47.1. The number of hydrogen-bond acceptors (Lipinski definition) is 5. The van der Waals surface area contributed by atoms with Crippen LogP contribution < -0.4 is 31.1 Å². The third-order valence-corrected chi connectivity index (χ3v) is 13.0. The Morgan fingerprint density at radius 2 is 0.880 bits per heavy atom. The van der Waals surface area contributed by atoms with Gasteiger partial charge < -0.3 is 19.1 Å². The van der Waals surface area contributed by atoms with Gasteiger partial charge in [0, 0.05) is 57.1 Å². The van der Waals surface area contributed by atoms with Crippen molar-refractivity contribution in [1.82, 2.24) is 4.98 Å². The van der Waals surface area contributed by atoms with E-state index in [-0.39, 0.29) is 33.9 Å². The van der Waals surface area contributed by atoms with Gasteiger partial charge in [-0.1, -0.05) is 182 Å². The maximum Gasteiger partial charge on any atom is 0.252 e. The van der Waals surface area contributed by atoms with E-state index in [1.54, 1.807) is 104 Å². The van der Waals surface area contributed by atoms with Crippen LogP contribution in [0.15, 0.2) is 174 Å². The normalized spacial score (nSPS) is 18.9. The number of anilines is 9. The summed E-state index contributed by atoms with van der Waals surface area (Å²) in [5, 5.41) is 0. The number of hydrogen-bond donors (Lipinski definition) is 0. The quantitative estimate of drug-likeness (QED) is 0.155. The number of para-hydroxylation sites is 2. The maximum atomic E-state index is 11.3. The van der Waals surface area contributed by atoms with E-state index in [0.717, 1.165) is 9.80 Å². The number of fused-ring (bicyclic) bond motifs is 5. The average molecular weight is 1010 g/mol. The number of oxazole rings is 1. The molecular weight excluding hydrogens is 912 g/mol. The number of nitrogens with zero attached hydrogens (tertiary/aromatic N) is 4. The molecule has 0 fully saturated rings. The van der Waals surface area contributed by atoms with Crippen LogP contribution in [0.2, 0.25) is 0 Å². The fourth-order valence-electron chi connectivity index (χ4n) is 8.81. The largest absolute Gasteiger partial charge is 0.436 e. The molecule has 0 unspecified atom stereocenters. The Bertz CT molecular complexity index is 5100. The van der Waals surface area contributed by atoms with E-state index in [0.29, 0.717) is 4.90 Å². The summed E-state index contributed by atoms with van der Waals surface area (Å²) in [6.07, 6.45) is 0. The predicted octanol–water partition coefficient (Wildman–Crippen LogP) is 17.5. The number of aromatic nitrogens is 1. The highest BCUT2D eigenvalue weighted by molar-refractivity contribution is 7.00. The van der Waals surface area contributed by atoms with Gasteiger partial charge in [-0.15, -0.1) is 0 Å². The fraction of sp³-hybridized carbons (Fsp3) is 0.290. The van der Waals surface area contributed by atoms with E-state index in [1.165, 1.54) is 0 Å². The highest BCUT2D eigenvalue weighted by atomic mass is 16.3. The molecule has 9 aromatic rings. The number of rotatable bonds is 6. The van der Waals surface area contributed by atoms with Crippen molar-refractivity contribution in [2.45, 2.75) is 131 Å². The Kier molecular flexibility index (Phi) is 6.34. The van der Waals surface area contributed by atoms with Gasteiger partial charge in [-0.3, -0.25) is 0 Å². The average Bonchev–Trinajstić information content (AvgIpc) is 1.09. The second kappa shape index (κ2) is 17.7. The fourth-order valence-corrected chi connectivity index (χ4v) is 8.81. The molecule has 0 N–H and O–H groups in total. The summed E-state index contributed by atoms with van der Waals surface area (Å²) >= 11 is 0. The molecule has 1 aromatic heterocycles. The Morgan fingerprint density at radius 1 is 0.413 bits per heavy atom. The van der Waals surface area contributed by atoms with Crippen molar-refractivity contribution in [2.75, 3.05) is 14.7 Å². The van der Waals surface area contributed by atoms with E-state index in [1.807, 2.05) is 0 Å². The van der Waals surface area contributed by atoms with Crippen molar-refractivity contribution < 1.29 is 42.8 Å². The Balaban J connectivity index is 1.55. The van der Waals surface area contributed by atoms with Crippen molar-refractivity contribution >= 4 is 85.4 Å². The lowest BCUT2D eigenvalue weighted by Gasteiger charge is -2.45. The molecule has 378 valence electrons. The van der Waals surface area contributed by atoms with E-state index in [2.05, 4.69) is 0 Å². The highest BCUT2D eigenvalue weighted by Gasteiger charge is 2.45. The Labute approximate surface area is 486 Å². The van der Waals surface area contributed by atoms with Gasteiger partial charge in [0.2, 0.25) is 5.89 Å². The Morgan fingerprint density at radius 3 is 1.39 bits per heavy atom. The molecule has 0 saturated heterocycles. The molecule has 3 heterocycles. The van der Waals surface area contributed by atoms with Crippen molar-refractivity contribution in [3.05, 3.63) is 197 Å². The smallest absolute Gasteiger partial charge is 0.252 e. The monoisotopic (exact) mass is 1010 g/mol.